The van der Waals surface area contributed by atoms with E-state index in [1.807, 2.05) is 6.92 Å². The van der Waals surface area contributed by atoms with Gasteiger partial charge in [0.2, 0.25) is 15.8 Å². The van der Waals surface area contributed by atoms with Gasteiger partial charge in [-0.3, -0.25) is 9.78 Å². The molecule has 1 unspecified atom stereocenters. The van der Waals surface area contributed by atoms with Crippen LogP contribution in [0.3, 0.4) is 0 Å². The Morgan fingerprint density at radius 2 is 1.93 bits per heavy atom. The molecule has 1 saturated carbocycles. The first kappa shape index (κ1) is 20.3. The minimum absolute atomic E-state index is 0.0270. The molecule has 1 aromatic rings. The highest BCUT2D eigenvalue weighted by Crippen LogP contribution is 2.36. The summed E-state index contributed by atoms with van der Waals surface area (Å²) in [4.78, 5) is 42.9. The average Bonchev–Trinajstić information content (AvgIpc) is 3.45. The number of carbonyl (C=O) groups excluding carboxylic acids is 3. The predicted molar refractivity (Wildman–Crippen MR) is 107 cm³/mol. The minimum atomic E-state index is -3.80. The van der Waals surface area contributed by atoms with Crippen LogP contribution in [0.4, 0.5) is 4.79 Å². The van der Waals surface area contributed by atoms with Crippen molar-refractivity contribution in [2.75, 3.05) is 13.6 Å². The second-order valence-corrected chi connectivity index (χ2v) is 9.58. The van der Waals surface area contributed by atoms with Crippen LogP contribution in [0.15, 0.2) is 47.7 Å². The van der Waals surface area contributed by atoms with Crippen LogP contribution in [0.5, 0.6) is 0 Å². The normalized spacial score (nSPS) is 22.7. The van der Waals surface area contributed by atoms with Crippen molar-refractivity contribution in [3.05, 3.63) is 53.2 Å². The van der Waals surface area contributed by atoms with E-state index in [-0.39, 0.29) is 4.91 Å². The van der Waals surface area contributed by atoms with Crippen molar-refractivity contribution in [1.29, 1.82) is 0 Å². The van der Waals surface area contributed by atoms with E-state index in [0.29, 0.717) is 11.3 Å². The Morgan fingerprint density at radius 1 is 1.27 bits per heavy atom. The van der Waals surface area contributed by atoms with Crippen molar-refractivity contribution in [2.45, 2.75) is 25.3 Å². The van der Waals surface area contributed by atoms with E-state index in [0.717, 1.165) is 17.7 Å². The Balaban J connectivity index is 1.63. The van der Waals surface area contributed by atoms with Gasteiger partial charge in [0.25, 0.3) is 0 Å². The first-order valence-electron chi connectivity index (χ1n) is 9.44. The number of hydrogen-bond acceptors (Lipinski definition) is 6. The number of imide groups is 1. The quantitative estimate of drug-likeness (QED) is 0.529. The van der Waals surface area contributed by atoms with Gasteiger partial charge < -0.3 is 0 Å². The van der Waals surface area contributed by atoms with Gasteiger partial charge in [-0.05, 0) is 50.1 Å². The molecule has 0 bridgehead atoms. The van der Waals surface area contributed by atoms with Gasteiger partial charge in [0.1, 0.15) is 11.6 Å². The van der Waals surface area contributed by atoms with Crippen LogP contribution in [0.25, 0.3) is 0 Å². The van der Waals surface area contributed by atoms with Gasteiger partial charge in [-0.1, -0.05) is 0 Å². The number of sulfonamides is 1. The maximum atomic E-state index is 13.1. The molecular weight excluding hydrogens is 408 g/mol. The number of aromatic nitrogens is 1. The lowest BCUT2D eigenvalue weighted by atomic mass is 9.94. The van der Waals surface area contributed by atoms with Crippen LogP contribution in [0.2, 0.25) is 0 Å². The van der Waals surface area contributed by atoms with Crippen LogP contribution in [0.1, 0.15) is 30.1 Å². The molecule has 3 aliphatic rings. The van der Waals surface area contributed by atoms with E-state index in [9.17, 15) is 22.8 Å². The number of hydrogen-bond donors (Lipinski definition) is 1. The Morgan fingerprint density at radius 3 is 2.57 bits per heavy atom. The smallest absolute Gasteiger partial charge is 0.290 e. The molecule has 4 rings (SSSR count). The highest BCUT2D eigenvalue weighted by Gasteiger charge is 2.48. The van der Waals surface area contributed by atoms with Crippen LogP contribution in [0, 0.1) is 5.92 Å². The van der Waals surface area contributed by atoms with E-state index < -0.39 is 45.7 Å². The molecular formula is C20H21N4O5S+. The number of urea groups is 1. The summed E-state index contributed by atoms with van der Waals surface area (Å²) in [6, 6.07) is 2.36. The molecule has 2 heterocycles. The molecule has 0 aromatic carbocycles. The third-order valence-corrected chi connectivity index (χ3v) is 7.15. The van der Waals surface area contributed by atoms with Gasteiger partial charge in [0, 0.05) is 23.5 Å². The van der Waals surface area contributed by atoms with E-state index in [1.165, 1.54) is 54.4 Å². The standard InChI is InChI=1S/C20H21N4O5S/c1-20(7-8-20)22-30(28,29)14-3-4-16-15(11-14)18(26)24(19(27)23(16)2)12-17(25)13-5-9-21-10-6-13/h3-6,9-11,15,22H,7-8,12H2,1-2H3/q+1. The summed E-state index contributed by atoms with van der Waals surface area (Å²) in [5.74, 6) is -2.02. The van der Waals surface area contributed by atoms with Crippen molar-refractivity contribution >= 4 is 33.5 Å². The van der Waals surface area contributed by atoms with Crippen molar-refractivity contribution in [3.63, 3.8) is 0 Å². The fourth-order valence-electron chi connectivity index (χ4n) is 3.42. The second kappa shape index (κ2) is 7.06. The maximum Gasteiger partial charge on any atom is 0.501 e. The number of Topliss-reactive ketones (excluding diaryl/α,β-unsaturated/α-hetero) is 1. The summed E-state index contributed by atoms with van der Waals surface area (Å²) in [6.07, 6.45) is 8.59. The van der Waals surface area contributed by atoms with Crippen LogP contribution in [-0.2, 0) is 14.8 Å². The van der Waals surface area contributed by atoms with Gasteiger partial charge in [0.05, 0.1) is 12.0 Å². The number of pyridine rings is 1. The fourth-order valence-corrected chi connectivity index (χ4v) is 4.95. The van der Waals surface area contributed by atoms with Crippen LogP contribution < -0.4 is 4.72 Å². The van der Waals surface area contributed by atoms with Gasteiger partial charge in [-0.15, -0.1) is 0 Å². The molecule has 1 aromatic heterocycles. The highest BCUT2D eigenvalue weighted by molar-refractivity contribution is 7.93. The molecule has 1 atom stereocenters. The summed E-state index contributed by atoms with van der Waals surface area (Å²) in [5.41, 5.74) is 0.241. The highest BCUT2D eigenvalue weighted by atomic mass is 32.2. The Labute approximate surface area is 173 Å². The largest absolute Gasteiger partial charge is 0.501 e. The predicted octanol–water partition coefficient (Wildman–Crippen LogP) is 0.852. The first-order valence-corrected chi connectivity index (χ1v) is 10.9. The molecule has 0 spiro atoms. The maximum absolute atomic E-state index is 13.1. The Kier molecular flexibility index (Phi) is 4.78. The number of fused-ring (bicyclic) bond motifs is 1. The zero-order chi connectivity index (χ0) is 21.7. The second-order valence-electron chi connectivity index (χ2n) is 7.90. The topological polar surface area (TPSA) is 117 Å². The van der Waals surface area contributed by atoms with E-state index in [1.54, 1.807) is 0 Å². The number of nitrogens with zero attached hydrogens (tertiary/aromatic N) is 3. The first-order chi connectivity index (χ1) is 14.1. The third kappa shape index (κ3) is 3.63. The molecule has 30 heavy (non-hydrogen) atoms. The molecule has 9 nitrogen and oxygen atoms in total. The summed E-state index contributed by atoms with van der Waals surface area (Å²) < 4.78 is 29.3. The third-order valence-electron chi connectivity index (χ3n) is 5.50. The van der Waals surface area contributed by atoms with Gasteiger partial charge in [-0.25, -0.2) is 17.9 Å². The van der Waals surface area contributed by atoms with Gasteiger partial charge >= 0.3 is 11.9 Å². The summed E-state index contributed by atoms with van der Waals surface area (Å²) in [5, 5.41) is 0. The molecule has 0 saturated heterocycles. The molecule has 1 N–H and O–H groups in total. The zero-order valence-corrected chi connectivity index (χ0v) is 17.3. The summed E-state index contributed by atoms with van der Waals surface area (Å²) in [7, 11) is -2.32. The van der Waals surface area contributed by atoms with E-state index >= 15 is 0 Å². The number of ketones is 1. The molecule has 3 amide bonds. The summed E-state index contributed by atoms with van der Waals surface area (Å²) >= 11 is 0. The Hall–Kier alpha value is -2.98. The minimum Gasteiger partial charge on any atom is -0.290 e. The van der Waals surface area contributed by atoms with Crippen molar-refractivity contribution in [2.24, 2.45) is 5.92 Å². The molecule has 10 heteroatoms. The molecule has 0 radical (unpaired) electrons. The monoisotopic (exact) mass is 429 g/mol. The molecule has 1 fully saturated rings. The SMILES string of the molecule is C[N+]1=C2C=CC(S(=O)(=O)NC3(C)CC3)=CC2C(=O)N(CC(=O)c2ccncc2)C1=O. The lowest BCUT2D eigenvalue weighted by molar-refractivity contribution is -0.406. The van der Waals surface area contributed by atoms with Gasteiger partial charge in [0.15, 0.2) is 6.54 Å². The molecule has 156 valence electrons. The molecule has 2 aliphatic carbocycles. The number of allylic oxidation sites excluding steroid dienone is 2. The van der Waals surface area contributed by atoms with Crippen LogP contribution >= 0.6 is 0 Å². The summed E-state index contributed by atoms with van der Waals surface area (Å²) in [6.45, 7) is 1.38. The number of nitrogens with one attached hydrogen (secondary N) is 1. The lowest BCUT2D eigenvalue weighted by Gasteiger charge is -2.26. The van der Waals surface area contributed by atoms with Crippen molar-refractivity contribution in [3.8, 4) is 0 Å². The van der Waals surface area contributed by atoms with Gasteiger partial charge in [-0.2, -0.15) is 14.3 Å². The van der Waals surface area contributed by atoms with Crippen LogP contribution in [-0.4, -0.2) is 65.4 Å². The van der Waals surface area contributed by atoms with E-state index in [2.05, 4.69) is 9.71 Å². The average molecular weight is 429 g/mol. The fraction of sp³-hybridized carbons (Fsp3) is 0.350. The van der Waals surface area contributed by atoms with Crippen molar-refractivity contribution in [1.82, 2.24) is 14.6 Å². The number of carbonyl (C=O) groups is 3. The number of amides is 3. The Bertz CT molecular complexity index is 1150. The molecule has 1 aliphatic heterocycles. The van der Waals surface area contributed by atoms with E-state index in [4.69, 9.17) is 0 Å². The van der Waals surface area contributed by atoms with Crippen molar-refractivity contribution < 1.29 is 27.4 Å². The zero-order valence-electron chi connectivity index (χ0n) is 16.5. The number of rotatable bonds is 6. The lowest BCUT2D eigenvalue weighted by Crippen LogP contribution is -2.55.